The quantitative estimate of drug-likeness (QED) is 0.850. The Balaban J connectivity index is 2.41. The number of aromatic amines is 1. The summed E-state index contributed by atoms with van der Waals surface area (Å²) < 4.78 is 0. The third-order valence-electron chi connectivity index (χ3n) is 2.33. The van der Waals surface area contributed by atoms with Crippen molar-refractivity contribution in [3.05, 3.63) is 57.3 Å². The van der Waals surface area contributed by atoms with Crippen molar-refractivity contribution in [1.82, 2.24) is 4.98 Å². The molecule has 0 amide bonds. The summed E-state index contributed by atoms with van der Waals surface area (Å²) in [5.74, 6) is -1.54. The molecule has 0 radical (unpaired) electrons. The lowest BCUT2D eigenvalue weighted by Gasteiger charge is -2.02. The Bertz CT molecular complexity index is 634. The van der Waals surface area contributed by atoms with Crippen molar-refractivity contribution in [2.45, 2.75) is 0 Å². The lowest BCUT2D eigenvalue weighted by molar-refractivity contribution is 0.0691. The van der Waals surface area contributed by atoms with Gasteiger partial charge in [0.25, 0.3) is 0 Å². The molecule has 92 valence electrons. The number of H-pyrrole nitrogens is 1. The predicted molar refractivity (Wildman–Crippen MR) is 67.6 cm³/mol. The number of benzene rings is 1. The van der Waals surface area contributed by atoms with Crippen LogP contribution in [0.4, 0.5) is 0 Å². The van der Waals surface area contributed by atoms with Crippen molar-refractivity contribution >= 4 is 35.0 Å². The summed E-state index contributed by atoms with van der Waals surface area (Å²) in [5, 5.41) is 9.40. The first kappa shape index (κ1) is 12.7. The summed E-state index contributed by atoms with van der Waals surface area (Å²) in [5.41, 5.74) is 0.316. The van der Waals surface area contributed by atoms with Gasteiger partial charge in [0.15, 0.2) is 0 Å². The molecule has 0 bridgehead atoms. The molecule has 0 saturated carbocycles. The van der Waals surface area contributed by atoms with Crippen molar-refractivity contribution in [1.29, 1.82) is 0 Å². The van der Waals surface area contributed by atoms with Crippen LogP contribution in [0.15, 0.2) is 30.3 Å². The number of carbonyl (C=O) groups excluding carboxylic acids is 1. The molecule has 4 nitrogen and oxygen atoms in total. The van der Waals surface area contributed by atoms with Gasteiger partial charge in [-0.05, 0) is 30.3 Å². The van der Waals surface area contributed by atoms with Gasteiger partial charge in [-0.1, -0.05) is 23.2 Å². The monoisotopic (exact) mass is 283 g/mol. The minimum atomic E-state index is -1.13. The van der Waals surface area contributed by atoms with Crippen LogP contribution in [0.3, 0.4) is 0 Å². The van der Waals surface area contributed by atoms with Crippen LogP contribution in [-0.4, -0.2) is 21.8 Å². The molecule has 0 aliphatic carbocycles. The number of rotatable bonds is 3. The van der Waals surface area contributed by atoms with E-state index in [1.807, 2.05) is 0 Å². The van der Waals surface area contributed by atoms with E-state index in [-0.39, 0.29) is 22.0 Å². The molecule has 2 N–H and O–H groups in total. The number of carbonyl (C=O) groups is 2. The Morgan fingerprint density at radius 1 is 1.06 bits per heavy atom. The van der Waals surface area contributed by atoms with Crippen LogP contribution in [0.2, 0.25) is 10.0 Å². The van der Waals surface area contributed by atoms with E-state index in [0.717, 1.165) is 0 Å². The van der Waals surface area contributed by atoms with Crippen molar-refractivity contribution in [2.24, 2.45) is 0 Å². The molecule has 0 unspecified atom stereocenters. The number of carboxylic acids is 1. The SMILES string of the molecule is O=C(O)c1ccc(C(=O)c2cc(Cl)ccc2Cl)[nH]1. The highest BCUT2D eigenvalue weighted by Gasteiger charge is 2.16. The van der Waals surface area contributed by atoms with Crippen LogP contribution < -0.4 is 0 Å². The second-order valence-corrected chi connectivity index (χ2v) is 4.39. The summed E-state index contributed by atoms with van der Waals surface area (Å²) in [6, 6.07) is 7.22. The fourth-order valence-electron chi connectivity index (χ4n) is 1.47. The molecule has 0 atom stereocenters. The van der Waals surface area contributed by atoms with E-state index in [1.54, 1.807) is 6.07 Å². The molecule has 0 aliphatic rings. The zero-order chi connectivity index (χ0) is 13.3. The van der Waals surface area contributed by atoms with Gasteiger partial charge in [-0.25, -0.2) is 4.79 Å². The smallest absolute Gasteiger partial charge is 0.352 e. The Labute approximate surface area is 112 Å². The van der Waals surface area contributed by atoms with E-state index >= 15 is 0 Å². The van der Waals surface area contributed by atoms with Crippen LogP contribution in [0, 0.1) is 0 Å². The first-order valence-electron chi connectivity index (χ1n) is 4.91. The van der Waals surface area contributed by atoms with E-state index < -0.39 is 11.8 Å². The topological polar surface area (TPSA) is 70.2 Å². The number of halogens is 2. The van der Waals surface area contributed by atoms with Crippen molar-refractivity contribution < 1.29 is 14.7 Å². The molecule has 2 aromatic rings. The van der Waals surface area contributed by atoms with Crippen LogP contribution in [0.1, 0.15) is 26.5 Å². The van der Waals surface area contributed by atoms with Gasteiger partial charge in [-0.2, -0.15) is 0 Å². The van der Waals surface area contributed by atoms with Gasteiger partial charge < -0.3 is 10.1 Å². The first-order valence-corrected chi connectivity index (χ1v) is 5.66. The molecule has 1 heterocycles. The highest BCUT2D eigenvalue weighted by molar-refractivity contribution is 6.36. The number of ketones is 1. The molecular formula is C12H7Cl2NO3. The third kappa shape index (κ3) is 2.39. The average Bonchev–Trinajstić information content (AvgIpc) is 2.81. The Hall–Kier alpha value is -1.78. The van der Waals surface area contributed by atoms with E-state index in [9.17, 15) is 9.59 Å². The Kier molecular flexibility index (Phi) is 3.41. The second kappa shape index (κ2) is 4.84. The maximum atomic E-state index is 12.1. The number of nitrogens with one attached hydrogen (secondary N) is 1. The highest BCUT2D eigenvalue weighted by Crippen LogP contribution is 2.23. The van der Waals surface area contributed by atoms with Crippen molar-refractivity contribution in [2.75, 3.05) is 0 Å². The first-order chi connectivity index (χ1) is 8.49. The summed E-state index contributed by atoms with van der Waals surface area (Å²) in [6.45, 7) is 0. The van der Waals surface area contributed by atoms with Gasteiger partial charge in [0.05, 0.1) is 10.7 Å². The second-order valence-electron chi connectivity index (χ2n) is 3.54. The molecule has 1 aromatic heterocycles. The number of aromatic carboxylic acids is 1. The Morgan fingerprint density at radius 2 is 1.72 bits per heavy atom. The summed E-state index contributed by atoms with van der Waals surface area (Å²) in [7, 11) is 0. The van der Waals surface area contributed by atoms with Crippen molar-refractivity contribution in [3.8, 4) is 0 Å². The lowest BCUT2D eigenvalue weighted by atomic mass is 10.1. The van der Waals surface area contributed by atoms with Crippen LogP contribution >= 0.6 is 23.2 Å². The molecular weight excluding hydrogens is 277 g/mol. The third-order valence-corrected chi connectivity index (χ3v) is 2.90. The molecule has 0 spiro atoms. The minimum Gasteiger partial charge on any atom is -0.477 e. The maximum Gasteiger partial charge on any atom is 0.352 e. The number of aromatic nitrogens is 1. The van der Waals surface area contributed by atoms with E-state index in [0.29, 0.717) is 5.02 Å². The normalized spacial score (nSPS) is 10.3. The number of hydrogen-bond donors (Lipinski definition) is 2. The number of hydrogen-bond acceptors (Lipinski definition) is 2. The number of carboxylic acid groups (broad SMARTS) is 1. The van der Waals surface area contributed by atoms with Gasteiger partial charge in [-0.15, -0.1) is 0 Å². The van der Waals surface area contributed by atoms with Gasteiger partial charge in [-0.3, -0.25) is 4.79 Å². The zero-order valence-corrected chi connectivity index (χ0v) is 10.4. The predicted octanol–water partition coefficient (Wildman–Crippen LogP) is 3.25. The fraction of sp³-hybridized carbons (Fsp3) is 0. The highest BCUT2D eigenvalue weighted by atomic mass is 35.5. The van der Waals surface area contributed by atoms with Crippen LogP contribution in [-0.2, 0) is 0 Å². The standard InChI is InChI=1S/C12H7Cl2NO3/c13-6-1-2-8(14)7(5-6)11(16)9-3-4-10(15-9)12(17)18/h1-5,15H,(H,17,18). The van der Waals surface area contributed by atoms with Gasteiger partial charge in [0.2, 0.25) is 5.78 Å². The van der Waals surface area contributed by atoms with Crippen LogP contribution in [0.25, 0.3) is 0 Å². The van der Waals surface area contributed by atoms with Gasteiger partial charge >= 0.3 is 5.97 Å². The summed E-state index contributed by atoms with van der Waals surface area (Å²) >= 11 is 11.7. The fourth-order valence-corrected chi connectivity index (χ4v) is 1.84. The summed E-state index contributed by atoms with van der Waals surface area (Å²) in [6.07, 6.45) is 0. The van der Waals surface area contributed by atoms with E-state index in [2.05, 4.69) is 4.98 Å². The minimum absolute atomic E-state index is 0.0588. The molecule has 0 aliphatic heterocycles. The average molecular weight is 284 g/mol. The molecule has 0 saturated heterocycles. The van der Waals surface area contributed by atoms with E-state index in [1.165, 1.54) is 24.3 Å². The van der Waals surface area contributed by atoms with Gasteiger partial charge in [0.1, 0.15) is 5.69 Å². The molecule has 2 rings (SSSR count). The zero-order valence-electron chi connectivity index (χ0n) is 8.91. The lowest BCUT2D eigenvalue weighted by Crippen LogP contribution is -2.04. The maximum absolute atomic E-state index is 12.1. The largest absolute Gasteiger partial charge is 0.477 e. The molecule has 1 aromatic carbocycles. The van der Waals surface area contributed by atoms with E-state index in [4.69, 9.17) is 28.3 Å². The van der Waals surface area contributed by atoms with Crippen molar-refractivity contribution in [3.63, 3.8) is 0 Å². The molecule has 0 fully saturated rings. The molecule has 18 heavy (non-hydrogen) atoms. The van der Waals surface area contributed by atoms with Crippen LogP contribution in [0.5, 0.6) is 0 Å². The summed E-state index contributed by atoms with van der Waals surface area (Å²) in [4.78, 5) is 25.3. The Morgan fingerprint density at radius 3 is 2.33 bits per heavy atom. The molecule has 6 heteroatoms. The van der Waals surface area contributed by atoms with Gasteiger partial charge in [0, 0.05) is 10.6 Å².